The molecule has 0 radical (unpaired) electrons. The predicted octanol–water partition coefficient (Wildman–Crippen LogP) is 2.34. The summed E-state index contributed by atoms with van der Waals surface area (Å²) in [6, 6.07) is 7.05. The molecule has 1 aromatic carbocycles. The number of carbonyl (C=O) groups excluding carboxylic acids is 1. The molecular weight excluding hydrogens is 386 g/mol. The molecule has 27 heavy (non-hydrogen) atoms. The molecule has 1 atom stereocenters. The van der Waals surface area contributed by atoms with Crippen molar-refractivity contribution in [1.82, 2.24) is 14.5 Å². The van der Waals surface area contributed by atoms with Gasteiger partial charge in [0.15, 0.2) is 0 Å². The van der Waals surface area contributed by atoms with Crippen LogP contribution in [0.5, 0.6) is 0 Å². The van der Waals surface area contributed by atoms with Crippen LogP contribution in [-0.2, 0) is 21.4 Å². The van der Waals surface area contributed by atoms with Crippen molar-refractivity contribution < 1.29 is 13.2 Å². The maximum atomic E-state index is 12.2. The Balaban J connectivity index is 1.79. The van der Waals surface area contributed by atoms with Crippen LogP contribution in [0.15, 0.2) is 24.3 Å². The van der Waals surface area contributed by atoms with Crippen molar-refractivity contribution in [1.29, 1.82) is 0 Å². The van der Waals surface area contributed by atoms with Crippen molar-refractivity contribution in [2.45, 2.75) is 32.7 Å². The van der Waals surface area contributed by atoms with Crippen LogP contribution in [-0.4, -0.2) is 62.5 Å². The lowest BCUT2D eigenvalue weighted by molar-refractivity contribution is -0.121. The Labute approximate surface area is 167 Å². The summed E-state index contributed by atoms with van der Waals surface area (Å²) in [5, 5.41) is 3.32. The number of sulfonamides is 1. The maximum Gasteiger partial charge on any atom is 0.235 e. The molecule has 1 heterocycles. The first-order chi connectivity index (χ1) is 12.8. The molecule has 1 aliphatic heterocycles. The van der Waals surface area contributed by atoms with Crippen molar-refractivity contribution in [3.05, 3.63) is 34.9 Å². The van der Waals surface area contributed by atoms with Gasteiger partial charge < -0.3 is 10.2 Å². The molecule has 0 aliphatic carbocycles. The Bertz CT molecular complexity index is 727. The summed E-state index contributed by atoms with van der Waals surface area (Å²) < 4.78 is 25.2. The fourth-order valence-corrected chi connectivity index (χ4v) is 4.26. The number of piperidine rings is 1. The Morgan fingerprint density at radius 3 is 2.78 bits per heavy atom. The van der Waals surface area contributed by atoms with Crippen LogP contribution in [0.3, 0.4) is 0 Å². The molecule has 1 amide bonds. The van der Waals surface area contributed by atoms with Crippen LogP contribution in [0.2, 0.25) is 5.02 Å². The van der Waals surface area contributed by atoms with Crippen molar-refractivity contribution in [3.63, 3.8) is 0 Å². The zero-order chi connectivity index (χ0) is 19.9. The highest BCUT2D eigenvalue weighted by molar-refractivity contribution is 7.88. The van der Waals surface area contributed by atoms with Gasteiger partial charge in [-0.3, -0.25) is 4.79 Å². The number of hydrogen-bond acceptors (Lipinski definition) is 4. The molecule has 2 rings (SSSR count). The minimum Gasteiger partial charge on any atom is -0.355 e. The van der Waals surface area contributed by atoms with Gasteiger partial charge in [-0.1, -0.05) is 36.7 Å². The number of nitrogens with zero attached hydrogens (tertiary/aromatic N) is 2. The van der Waals surface area contributed by atoms with E-state index in [4.69, 9.17) is 11.6 Å². The zero-order valence-corrected chi connectivity index (χ0v) is 17.7. The normalized spacial score (nSPS) is 18.6. The largest absolute Gasteiger partial charge is 0.355 e. The lowest BCUT2D eigenvalue weighted by atomic mass is 10.0. The van der Waals surface area contributed by atoms with Crippen LogP contribution >= 0.6 is 11.6 Å². The van der Waals surface area contributed by atoms with Gasteiger partial charge in [0, 0.05) is 24.7 Å². The van der Waals surface area contributed by atoms with Crippen LogP contribution in [0.25, 0.3) is 0 Å². The predicted molar refractivity (Wildman–Crippen MR) is 109 cm³/mol. The second-order valence-corrected chi connectivity index (χ2v) is 9.76. The summed E-state index contributed by atoms with van der Waals surface area (Å²) in [4.78, 5) is 14.6. The Morgan fingerprint density at radius 2 is 2.11 bits per heavy atom. The van der Waals surface area contributed by atoms with Crippen LogP contribution in [0.4, 0.5) is 0 Å². The van der Waals surface area contributed by atoms with Crippen LogP contribution in [0, 0.1) is 5.92 Å². The third-order valence-corrected chi connectivity index (χ3v) is 6.37. The molecule has 1 saturated heterocycles. The molecule has 6 nitrogen and oxygen atoms in total. The van der Waals surface area contributed by atoms with E-state index in [0.29, 0.717) is 17.1 Å². The smallest absolute Gasteiger partial charge is 0.235 e. The molecule has 152 valence electrons. The molecule has 0 spiro atoms. The van der Waals surface area contributed by atoms with Gasteiger partial charge in [-0.05, 0) is 49.9 Å². The molecule has 0 bridgehead atoms. The molecule has 1 aliphatic rings. The highest BCUT2D eigenvalue weighted by atomic mass is 35.5. The molecule has 1 fully saturated rings. The number of benzene rings is 1. The third kappa shape index (κ3) is 7.78. The number of amides is 1. The summed E-state index contributed by atoms with van der Waals surface area (Å²) in [6.07, 6.45) is 4.50. The van der Waals surface area contributed by atoms with Crippen LogP contribution in [0.1, 0.15) is 31.7 Å². The maximum absolute atomic E-state index is 12.2. The third-order valence-electron chi connectivity index (χ3n) is 4.81. The van der Waals surface area contributed by atoms with E-state index in [2.05, 4.69) is 17.1 Å². The number of halogens is 1. The van der Waals surface area contributed by atoms with E-state index in [0.717, 1.165) is 42.5 Å². The van der Waals surface area contributed by atoms with Gasteiger partial charge in [0.25, 0.3) is 0 Å². The SMILES string of the molecule is C[C@@H]1CCCN(CCCNC(=O)CN(Cc2ccccc2Cl)S(C)(=O)=O)C1. The summed E-state index contributed by atoms with van der Waals surface area (Å²) in [5.74, 6) is 0.445. The van der Waals surface area contributed by atoms with E-state index < -0.39 is 10.0 Å². The summed E-state index contributed by atoms with van der Waals surface area (Å²) >= 11 is 6.11. The highest BCUT2D eigenvalue weighted by Gasteiger charge is 2.21. The van der Waals surface area contributed by atoms with Gasteiger partial charge in [0.05, 0.1) is 12.8 Å². The highest BCUT2D eigenvalue weighted by Crippen LogP contribution is 2.18. The quantitative estimate of drug-likeness (QED) is 0.628. The monoisotopic (exact) mass is 415 g/mol. The summed E-state index contributed by atoms with van der Waals surface area (Å²) in [5.41, 5.74) is 0.677. The van der Waals surface area contributed by atoms with Gasteiger partial charge in [0.2, 0.25) is 15.9 Å². The Morgan fingerprint density at radius 1 is 1.37 bits per heavy atom. The summed E-state index contributed by atoms with van der Waals surface area (Å²) in [7, 11) is -3.52. The topological polar surface area (TPSA) is 69.7 Å². The number of carbonyl (C=O) groups is 1. The van der Waals surface area contributed by atoms with Gasteiger partial charge in [-0.25, -0.2) is 8.42 Å². The molecule has 0 unspecified atom stereocenters. The van der Waals surface area contributed by atoms with Gasteiger partial charge in [-0.15, -0.1) is 0 Å². The minimum absolute atomic E-state index is 0.0809. The van der Waals surface area contributed by atoms with E-state index in [1.165, 1.54) is 12.8 Å². The molecular formula is C19H30ClN3O3S. The molecule has 1 N–H and O–H groups in total. The van der Waals surface area contributed by atoms with Crippen molar-refractivity contribution in [3.8, 4) is 0 Å². The lowest BCUT2D eigenvalue weighted by Gasteiger charge is -2.30. The molecule has 8 heteroatoms. The number of likely N-dealkylation sites (tertiary alicyclic amines) is 1. The van der Waals surface area contributed by atoms with Crippen LogP contribution < -0.4 is 5.32 Å². The average Bonchev–Trinajstić information content (AvgIpc) is 2.59. The van der Waals surface area contributed by atoms with Crippen molar-refractivity contribution in [2.75, 3.05) is 39.0 Å². The van der Waals surface area contributed by atoms with Gasteiger partial charge in [0.1, 0.15) is 0 Å². The van der Waals surface area contributed by atoms with E-state index in [9.17, 15) is 13.2 Å². The van der Waals surface area contributed by atoms with E-state index in [1.54, 1.807) is 24.3 Å². The number of nitrogens with one attached hydrogen (secondary N) is 1. The van der Waals surface area contributed by atoms with Crippen molar-refractivity contribution >= 4 is 27.5 Å². The second-order valence-electron chi connectivity index (χ2n) is 7.37. The first-order valence-corrected chi connectivity index (χ1v) is 11.7. The average molecular weight is 416 g/mol. The van der Waals surface area contributed by atoms with E-state index in [-0.39, 0.29) is 19.0 Å². The second kappa shape index (κ2) is 10.4. The van der Waals surface area contributed by atoms with E-state index >= 15 is 0 Å². The first-order valence-electron chi connectivity index (χ1n) is 9.43. The van der Waals surface area contributed by atoms with Gasteiger partial charge >= 0.3 is 0 Å². The standard InChI is InChI=1S/C19H30ClN3O3S/c1-16-7-5-11-22(13-16)12-6-10-21-19(24)15-23(27(2,25)26)14-17-8-3-4-9-18(17)20/h3-4,8-9,16H,5-7,10-15H2,1-2H3,(H,21,24)/t16-/m1/s1. The fraction of sp³-hybridized carbons (Fsp3) is 0.632. The number of rotatable bonds is 9. The summed E-state index contributed by atoms with van der Waals surface area (Å²) in [6.45, 7) is 5.90. The lowest BCUT2D eigenvalue weighted by Crippen LogP contribution is -2.41. The molecule has 0 saturated carbocycles. The molecule has 0 aromatic heterocycles. The number of hydrogen-bond donors (Lipinski definition) is 1. The van der Waals surface area contributed by atoms with Gasteiger partial charge in [-0.2, -0.15) is 4.31 Å². The first kappa shape index (κ1) is 22.1. The fourth-order valence-electron chi connectivity index (χ4n) is 3.34. The molecule has 1 aromatic rings. The van der Waals surface area contributed by atoms with Crippen molar-refractivity contribution in [2.24, 2.45) is 5.92 Å². The minimum atomic E-state index is -3.52. The zero-order valence-electron chi connectivity index (χ0n) is 16.2. The Hall–Kier alpha value is -1.15. The Kier molecular flexibility index (Phi) is 8.54. The van der Waals surface area contributed by atoms with E-state index in [1.807, 2.05) is 0 Å².